The van der Waals surface area contributed by atoms with Gasteiger partial charge in [0.2, 0.25) is 5.91 Å². The van der Waals surface area contributed by atoms with Gasteiger partial charge in [0, 0.05) is 19.5 Å². The first-order valence-electron chi connectivity index (χ1n) is 7.20. The van der Waals surface area contributed by atoms with E-state index in [1.54, 1.807) is 7.11 Å². The number of amides is 1. The molecule has 0 saturated heterocycles. The summed E-state index contributed by atoms with van der Waals surface area (Å²) >= 11 is 0. The van der Waals surface area contributed by atoms with Gasteiger partial charge in [-0.1, -0.05) is 18.2 Å². The molecule has 0 aromatic heterocycles. The quantitative estimate of drug-likeness (QED) is 0.685. The van der Waals surface area contributed by atoms with Gasteiger partial charge in [0.05, 0.1) is 14.2 Å². The highest BCUT2D eigenvalue weighted by Crippen LogP contribution is 2.17. The van der Waals surface area contributed by atoms with Gasteiger partial charge < -0.3 is 19.7 Å². The number of nitrogens with zero attached hydrogens (tertiary/aromatic N) is 1. The molecule has 0 bridgehead atoms. The van der Waals surface area contributed by atoms with Crippen molar-refractivity contribution in [2.24, 2.45) is 0 Å². The SMILES string of the molecule is COC(=O)CNC(=O)CCN(C)CCc1ccccc1OC. The summed E-state index contributed by atoms with van der Waals surface area (Å²) in [5, 5.41) is 2.52. The molecule has 22 heavy (non-hydrogen) atoms. The van der Waals surface area contributed by atoms with Crippen LogP contribution in [0.5, 0.6) is 5.75 Å². The van der Waals surface area contributed by atoms with Crippen molar-refractivity contribution in [3.8, 4) is 5.75 Å². The Morgan fingerprint density at radius 2 is 1.91 bits per heavy atom. The third-order valence-corrected chi connectivity index (χ3v) is 3.33. The highest BCUT2D eigenvalue weighted by molar-refractivity contribution is 5.81. The van der Waals surface area contributed by atoms with Crippen molar-refractivity contribution in [2.75, 3.05) is 40.9 Å². The number of rotatable bonds is 9. The van der Waals surface area contributed by atoms with Crippen LogP contribution < -0.4 is 10.1 Å². The van der Waals surface area contributed by atoms with Crippen LogP contribution in [0.1, 0.15) is 12.0 Å². The first-order chi connectivity index (χ1) is 10.6. The third kappa shape index (κ3) is 6.58. The topological polar surface area (TPSA) is 67.9 Å². The Kier molecular flexibility index (Phi) is 7.99. The third-order valence-electron chi connectivity index (χ3n) is 3.33. The lowest BCUT2D eigenvalue weighted by molar-refractivity contribution is -0.141. The second kappa shape index (κ2) is 9.78. The Morgan fingerprint density at radius 1 is 1.18 bits per heavy atom. The minimum Gasteiger partial charge on any atom is -0.496 e. The van der Waals surface area contributed by atoms with E-state index in [1.165, 1.54) is 7.11 Å². The van der Waals surface area contributed by atoms with Crippen LogP contribution in [0.2, 0.25) is 0 Å². The van der Waals surface area contributed by atoms with Gasteiger partial charge in [-0.05, 0) is 25.1 Å². The average molecular weight is 308 g/mol. The molecule has 0 saturated carbocycles. The number of carbonyl (C=O) groups excluding carboxylic acids is 2. The maximum atomic E-state index is 11.6. The van der Waals surface area contributed by atoms with Gasteiger partial charge >= 0.3 is 5.97 Å². The minimum atomic E-state index is -0.446. The molecule has 122 valence electrons. The Labute approximate surface area is 131 Å². The predicted molar refractivity (Wildman–Crippen MR) is 83.8 cm³/mol. The zero-order valence-corrected chi connectivity index (χ0v) is 13.4. The number of methoxy groups -OCH3 is 2. The molecule has 0 aliphatic carbocycles. The number of hydrogen-bond acceptors (Lipinski definition) is 5. The molecule has 0 aliphatic rings. The van der Waals surface area contributed by atoms with E-state index in [0.29, 0.717) is 13.0 Å². The number of ether oxygens (including phenoxy) is 2. The normalized spacial score (nSPS) is 10.4. The van der Waals surface area contributed by atoms with Gasteiger partial charge in [0.1, 0.15) is 12.3 Å². The van der Waals surface area contributed by atoms with E-state index >= 15 is 0 Å². The number of hydrogen-bond donors (Lipinski definition) is 1. The van der Waals surface area contributed by atoms with E-state index < -0.39 is 5.97 Å². The first-order valence-corrected chi connectivity index (χ1v) is 7.20. The summed E-state index contributed by atoms with van der Waals surface area (Å²) in [7, 11) is 4.91. The summed E-state index contributed by atoms with van der Waals surface area (Å²) in [6.45, 7) is 1.37. The van der Waals surface area contributed by atoms with Crippen LogP contribution in [0, 0.1) is 0 Å². The number of benzene rings is 1. The van der Waals surface area contributed by atoms with Crippen molar-refractivity contribution in [3.63, 3.8) is 0 Å². The number of nitrogens with one attached hydrogen (secondary N) is 1. The van der Waals surface area contributed by atoms with Crippen LogP contribution in [0.15, 0.2) is 24.3 Å². The Morgan fingerprint density at radius 3 is 2.59 bits per heavy atom. The van der Waals surface area contributed by atoms with Crippen molar-refractivity contribution in [3.05, 3.63) is 29.8 Å². The Hall–Kier alpha value is -2.08. The van der Waals surface area contributed by atoms with Crippen molar-refractivity contribution >= 4 is 11.9 Å². The molecule has 0 radical (unpaired) electrons. The number of para-hydroxylation sites is 1. The van der Waals surface area contributed by atoms with Gasteiger partial charge in [-0.15, -0.1) is 0 Å². The van der Waals surface area contributed by atoms with E-state index in [1.807, 2.05) is 31.3 Å². The van der Waals surface area contributed by atoms with Gasteiger partial charge in [0.15, 0.2) is 0 Å². The molecule has 1 amide bonds. The van der Waals surface area contributed by atoms with Gasteiger partial charge in [0.25, 0.3) is 0 Å². The lowest BCUT2D eigenvalue weighted by Crippen LogP contribution is -2.33. The monoisotopic (exact) mass is 308 g/mol. The van der Waals surface area contributed by atoms with Crippen LogP contribution >= 0.6 is 0 Å². The zero-order chi connectivity index (χ0) is 16.4. The number of carbonyl (C=O) groups is 2. The number of likely N-dealkylation sites (N-methyl/N-ethyl adjacent to an activating group) is 1. The van der Waals surface area contributed by atoms with Gasteiger partial charge in [-0.2, -0.15) is 0 Å². The minimum absolute atomic E-state index is 0.0831. The van der Waals surface area contributed by atoms with Crippen molar-refractivity contribution in [1.29, 1.82) is 0 Å². The van der Waals surface area contributed by atoms with Crippen LogP contribution in [0.4, 0.5) is 0 Å². The molecule has 6 heteroatoms. The summed E-state index contributed by atoms with van der Waals surface area (Å²) in [5.74, 6) is 0.277. The van der Waals surface area contributed by atoms with E-state index in [4.69, 9.17) is 4.74 Å². The molecule has 0 heterocycles. The summed E-state index contributed by atoms with van der Waals surface area (Å²) in [5.41, 5.74) is 1.15. The van der Waals surface area contributed by atoms with Crippen LogP contribution in [0.25, 0.3) is 0 Å². The highest BCUT2D eigenvalue weighted by atomic mass is 16.5. The van der Waals surface area contributed by atoms with E-state index in [-0.39, 0.29) is 12.5 Å². The average Bonchev–Trinajstić information content (AvgIpc) is 2.55. The molecular formula is C16H24N2O4. The molecule has 0 spiro atoms. The standard InChI is InChI=1S/C16H24N2O4/c1-18(11-9-15(19)17-12-16(20)22-3)10-8-13-6-4-5-7-14(13)21-2/h4-7H,8-12H2,1-3H3,(H,17,19). The molecule has 0 aliphatic heterocycles. The maximum Gasteiger partial charge on any atom is 0.325 e. The predicted octanol–water partition coefficient (Wildman–Crippen LogP) is 0.849. The molecule has 0 atom stereocenters. The van der Waals surface area contributed by atoms with Crippen molar-refractivity contribution in [2.45, 2.75) is 12.8 Å². The molecule has 1 aromatic carbocycles. The van der Waals surface area contributed by atoms with Crippen LogP contribution in [-0.4, -0.2) is 57.7 Å². The van der Waals surface area contributed by atoms with E-state index in [9.17, 15) is 9.59 Å². The van der Waals surface area contributed by atoms with Crippen molar-refractivity contribution in [1.82, 2.24) is 10.2 Å². The fourth-order valence-corrected chi connectivity index (χ4v) is 1.96. The second-order valence-corrected chi connectivity index (χ2v) is 4.97. The second-order valence-electron chi connectivity index (χ2n) is 4.97. The van der Waals surface area contributed by atoms with E-state index in [2.05, 4.69) is 15.0 Å². The molecular weight excluding hydrogens is 284 g/mol. The Bertz CT molecular complexity index is 491. The lowest BCUT2D eigenvalue weighted by atomic mass is 10.1. The Balaban J connectivity index is 2.27. The number of esters is 1. The van der Waals surface area contributed by atoms with Crippen LogP contribution in [-0.2, 0) is 20.7 Å². The van der Waals surface area contributed by atoms with Gasteiger partial charge in [-0.25, -0.2) is 0 Å². The molecule has 0 fully saturated rings. The highest BCUT2D eigenvalue weighted by Gasteiger charge is 2.08. The largest absolute Gasteiger partial charge is 0.496 e. The zero-order valence-electron chi connectivity index (χ0n) is 13.4. The molecule has 1 N–H and O–H groups in total. The summed E-state index contributed by atoms with van der Waals surface area (Å²) in [4.78, 5) is 24.6. The molecule has 0 unspecified atom stereocenters. The molecule has 6 nitrogen and oxygen atoms in total. The fourth-order valence-electron chi connectivity index (χ4n) is 1.96. The van der Waals surface area contributed by atoms with Crippen LogP contribution in [0.3, 0.4) is 0 Å². The maximum absolute atomic E-state index is 11.6. The summed E-state index contributed by atoms with van der Waals surface area (Å²) < 4.78 is 9.77. The molecule has 1 rings (SSSR count). The smallest absolute Gasteiger partial charge is 0.325 e. The van der Waals surface area contributed by atoms with Crippen molar-refractivity contribution < 1.29 is 19.1 Å². The summed E-state index contributed by atoms with van der Waals surface area (Å²) in [6, 6.07) is 7.90. The summed E-state index contributed by atoms with van der Waals surface area (Å²) in [6.07, 6.45) is 1.20. The fraction of sp³-hybridized carbons (Fsp3) is 0.500. The molecule has 1 aromatic rings. The lowest BCUT2D eigenvalue weighted by Gasteiger charge is -2.17. The van der Waals surface area contributed by atoms with Gasteiger partial charge in [-0.3, -0.25) is 9.59 Å². The van der Waals surface area contributed by atoms with E-state index in [0.717, 1.165) is 24.3 Å². The first kappa shape index (κ1) is 18.0.